The summed E-state index contributed by atoms with van der Waals surface area (Å²) in [7, 11) is 0. The monoisotopic (exact) mass is 213 g/mol. The molecule has 1 nitrogen and oxygen atoms in total. The van der Waals surface area contributed by atoms with Crippen molar-refractivity contribution in [2.24, 2.45) is 0 Å². The first-order valence-corrected chi connectivity index (χ1v) is 7.14. The molecule has 0 rings (SSSR count). The summed E-state index contributed by atoms with van der Waals surface area (Å²) in [5, 5.41) is 4.28. The maximum atomic E-state index is 4.28. The Hall–Kier alpha value is 0.492. The van der Waals surface area contributed by atoms with Crippen LogP contribution in [0.4, 0.5) is 0 Å². The number of hydrogen-bond acceptors (Lipinski definition) is 0. The van der Waals surface area contributed by atoms with E-state index in [4.69, 9.17) is 0 Å². The molecule has 0 fully saturated rings. The Morgan fingerprint density at radius 1 is 0.643 bits per heavy atom. The molecule has 0 saturated carbocycles. The molecular formula is C12H28AlN. The van der Waals surface area contributed by atoms with Gasteiger partial charge in [0, 0.05) is 0 Å². The zero-order chi connectivity index (χ0) is 11.7. The summed E-state index contributed by atoms with van der Waals surface area (Å²) in [4.78, 5) is 0. The molecule has 0 radical (unpaired) electrons. The second-order valence-corrected chi connectivity index (χ2v) is 8.07. The average molecular weight is 213 g/mol. The molecule has 0 aromatic heterocycles. The van der Waals surface area contributed by atoms with Gasteiger partial charge in [0.15, 0.2) is 0 Å². The average Bonchev–Trinajstić information content (AvgIpc) is 1.79. The summed E-state index contributed by atoms with van der Waals surface area (Å²) in [5.41, 5.74) is 0. The Bertz CT molecular complexity index is 82.9. The van der Waals surface area contributed by atoms with Crippen molar-refractivity contribution in [1.29, 1.82) is 0 Å². The Balaban J connectivity index is 0. The van der Waals surface area contributed by atoms with E-state index in [1.54, 1.807) is 0 Å². The van der Waals surface area contributed by atoms with Crippen molar-refractivity contribution >= 4 is 15.2 Å². The van der Waals surface area contributed by atoms with Crippen molar-refractivity contribution in [3.8, 4) is 0 Å². The topological polar surface area (TPSA) is 14.1 Å². The van der Waals surface area contributed by atoms with E-state index in [9.17, 15) is 0 Å². The Morgan fingerprint density at radius 3 is 0.929 bits per heavy atom. The van der Waals surface area contributed by atoms with Crippen molar-refractivity contribution in [2.45, 2.75) is 77.0 Å². The standard InChI is InChI=1S/C6H14N.2C3H7.Al/c1-5(2)7-6(3)4;2*1-3-2;/h5-6H,1-4H3;2*3H,1-2H3;/q-1;;;+1. The minimum absolute atomic E-state index is 0.500. The van der Waals surface area contributed by atoms with Crippen LogP contribution in [0.3, 0.4) is 0 Å². The van der Waals surface area contributed by atoms with Crippen LogP contribution in [-0.2, 0) is 0 Å². The summed E-state index contributed by atoms with van der Waals surface area (Å²) in [6.07, 6.45) is 0. The molecule has 0 unspecified atom stereocenters. The zero-order valence-electron chi connectivity index (χ0n) is 11.3. The van der Waals surface area contributed by atoms with Gasteiger partial charge in [0.25, 0.3) is 0 Å². The first kappa shape index (κ1) is 16.9. The second kappa shape index (κ2) is 10.0. The number of nitrogens with zero attached hydrogens (tertiary/aromatic N) is 1. The van der Waals surface area contributed by atoms with Crippen LogP contribution in [0.1, 0.15) is 55.4 Å². The normalized spacial score (nSPS) is 10.6. The predicted octanol–water partition coefficient (Wildman–Crippen LogP) is 4.52. The van der Waals surface area contributed by atoms with Crippen LogP contribution in [0.5, 0.6) is 0 Å². The molecule has 0 atom stereocenters. The van der Waals surface area contributed by atoms with Gasteiger partial charge < -0.3 is 5.32 Å². The molecule has 0 aliphatic heterocycles. The fourth-order valence-electron chi connectivity index (χ4n) is 1.37. The molecule has 0 spiro atoms. The van der Waals surface area contributed by atoms with E-state index in [0.717, 1.165) is 9.56 Å². The van der Waals surface area contributed by atoms with Crippen LogP contribution >= 0.6 is 0 Å². The van der Waals surface area contributed by atoms with Crippen LogP contribution < -0.4 is 0 Å². The number of rotatable bonds is 4. The van der Waals surface area contributed by atoms with Crippen molar-refractivity contribution in [2.75, 3.05) is 0 Å². The zero-order valence-corrected chi connectivity index (χ0v) is 12.5. The van der Waals surface area contributed by atoms with E-state index in [0.29, 0.717) is 27.3 Å². The Kier molecular flexibility index (Phi) is 12.1. The van der Waals surface area contributed by atoms with Gasteiger partial charge in [-0.3, -0.25) is 0 Å². The molecule has 0 aliphatic rings. The summed E-state index contributed by atoms with van der Waals surface area (Å²) >= 11 is 0.713. The molecule has 2 heteroatoms. The van der Waals surface area contributed by atoms with Gasteiger partial charge in [0.05, 0.1) is 0 Å². The Morgan fingerprint density at radius 2 is 0.929 bits per heavy atom. The van der Waals surface area contributed by atoms with Gasteiger partial charge >= 0.3 is 52.5 Å². The van der Waals surface area contributed by atoms with Crippen LogP contribution in [0.25, 0.3) is 5.32 Å². The molecule has 0 bridgehead atoms. The van der Waals surface area contributed by atoms with Crippen LogP contribution in [0.15, 0.2) is 0 Å². The fraction of sp³-hybridized carbons (Fsp3) is 1.00. The minimum atomic E-state index is 0.500. The number of hydrogen-bond donors (Lipinski definition) is 0. The molecule has 0 N–H and O–H groups in total. The van der Waals surface area contributed by atoms with Gasteiger partial charge in [-0.25, -0.2) is 0 Å². The molecule has 0 aliphatic carbocycles. The SMILES string of the molecule is CC(C)[N-]C(C)C.C[CH](C)[Al+][CH](C)C. The predicted molar refractivity (Wildman–Crippen MR) is 69.6 cm³/mol. The van der Waals surface area contributed by atoms with Gasteiger partial charge in [-0.1, -0.05) is 27.7 Å². The van der Waals surface area contributed by atoms with E-state index < -0.39 is 0 Å². The molecule has 0 amide bonds. The van der Waals surface area contributed by atoms with Crippen LogP contribution in [0, 0.1) is 0 Å². The first-order valence-electron chi connectivity index (χ1n) is 5.80. The van der Waals surface area contributed by atoms with Crippen LogP contribution in [0.2, 0.25) is 9.56 Å². The molecular weight excluding hydrogens is 185 g/mol. The molecule has 0 aromatic rings. The summed E-state index contributed by atoms with van der Waals surface area (Å²) in [6, 6.07) is 1.000. The quantitative estimate of drug-likeness (QED) is 0.609. The van der Waals surface area contributed by atoms with E-state index in [1.165, 1.54) is 0 Å². The summed E-state index contributed by atoms with van der Waals surface area (Å²) < 4.78 is 1.92. The first-order chi connectivity index (χ1) is 6.25. The molecule has 84 valence electrons. The molecule has 0 heterocycles. The summed E-state index contributed by atoms with van der Waals surface area (Å²) in [6.45, 7) is 17.6. The van der Waals surface area contributed by atoms with Gasteiger partial charge in [-0.05, 0) is 0 Å². The van der Waals surface area contributed by atoms with Crippen molar-refractivity contribution < 1.29 is 0 Å². The fourth-order valence-corrected chi connectivity index (χ4v) is 2.91. The summed E-state index contributed by atoms with van der Waals surface area (Å²) in [5.74, 6) is 0. The molecule has 14 heavy (non-hydrogen) atoms. The van der Waals surface area contributed by atoms with Crippen molar-refractivity contribution in [1.82, 2.24) is 0 Å². The van der Waals surface area contributed by atoms with Gasteiger partial charge in [-0.2, -0.15) is 0 Å². The van der Waals surface area contributed by atoms with E-state index >= 15 is 0 Å². The van der Waals surface area contributed by atoms with Crippen molar-refractivity contribution in [3.05, 3.63) is 5.32 Å². The third-order valence-corrected chi connectivity index (χ3v) is 2.91. The van der Waals surface area contributed by atoms with Gasteiger partial charge in [0.1, 0.15) is 0 Å². The third kappa shape index (κ3) is 22.9. The van der Waals surface area contributed by atoms with E-state index in [2.05, 4.69) is 60.7 Å². The molecule has 0 saturated heterocycles. The van der Waals surface area contributed by atoms with Crippen molar-refractivity contribution in [3.63, 3.8) is 0 Å². The van der Waals surface area contributed by atoms with E-state index in [1.807, 2.05) is 0 Å². The Labute approximate surface area is 97.8 Å². The second-order valence-electron chi connectivity index (χ2n) is 5.02. The third-order valence-electron chi connectivity index (χ3n) is 1.37. The van der Waals surface area contributed by atoms with Gasteiger partial charge in [-0.15, -0.1) is 12.1 Å². The maximum absolute atomic E-state index is 4.28. The molecule has 0 aromatic carbocycles. The van der Waals surface area contributed by atoms with Gasteiger partial charge in [0.2, 0.25) is 0 Å². The van der Waals surface area contributed by atoms with E-state index in [-0.39, 0.29) is 0 Å². The van der Waals surface area contributed by atoms with Crippen LogP contribution in [-0.4, -0.2) is 27.3 Å².